The Morgan fingerprint density at radius 3 is 2.50 bits per heavy atom. The third-order valence-electron chi connectivity index (χ3n) is 4.73. The van der Waals surface area contributed by atoms with Crippen molar-refractivity contribution in [3.63, 3.8) is 0 Å². The Balaban J connectivity index is 1.82. The summed E-state index contributed by atoms with van der Waals surface area (Å²) in [6.07, 6.45) is 1.89. The Hall–Kier alpha value is -3.16. The first-order chi connectivity index (χ1) is 12.4. The summed E-state index contributed by atoms with van der Waals surface area (Å²) in [4.78, 5) is 32.0. The van der Waals surface area contributed by atoms with Gasteiger partial charge < -0.3 is 4.74 Å². The van der Waals surface area contributed by atoms with Crippen LogP contribution in [0, 0.1) is 6.92 Å². The maximum absolute atomic E-state index is 12.7. The van der Waals surface area contributed by atoms with Crippen LogP contribution in [-0.2, 0) is 4.79 Å². The lowest BCUT2D eigenvalue weighted by atomic mass is 10.2. The van der Waals surface area contributed by atoms with Crippen molar-refractivity contribution in [1.82, 2.24) is 14.4 Å². The number of amidine groups is 1. The van der Waals surface area contributed by atoms with Crippen LogP contribution in [0.4, 0.5) is 10.7 Å². The van der Waals surface area contributed by atoms with Gasteiger partial charge in [-0.2, -0.15) is 4.57 Å². The number of rotatable bonds is 3. The molecule has 0 aliphatic carbocycles. The maximum Gasteiger partial charge on any atom is 0.406 e. The van der Waals surface area contributed by atoms with Gasteiger partial charge in [0.1, 0.15) is 23.3 Å². The van der Waals surface area contributed by atoms with E-state index in [4.69, 9.17) is 4.74 Å². The summed E-state index contributed by atoms with van der Waals surface area (Å²) in [6.45, 7) is 4.51. The van der Waals surface area contributed by atoms with E-state index < -0.39 is 6.04 Å². The number of imidazole rings is 1. The van der Waals surface area contributed by atoms with Gasteiger partial charge in [-0.05, 0) is 38.1 Å². The maximum atomic E-state index is 12.7. The largest absolute Gasteiger partial charge is 0.494 e. The standard InChI is InChI=1S/C18H20N5O3/c1-5-26-13-8-6-12(7-9-13)23-11(2)10-22-14-15(19-17(22)23)20(3)18(25)21(4)16(14)24/h6-10,14H,5H2,1-4H3/q+1. The minimum Gasteiger partial charge on any atom is -0.494 e. The zero-order valence-electron chi connectivity index (χ0n) is 15.1. The van der Waals surface area contributed by atoms with Crippen molar-refractivity contribution >= 4 is 23.7 Å². The highest BCUT2D eigenvalue weighted by Crippen LogP contribution is 2.31. The van der Waals surface area contributed by atoms with E-state index in [9.17, 15) is 9.59 Å². The number of likely N-dealkylation sites (N-methyl/N-ethyl adjacent to an activating group) is 2. The summed E-state index contributed by atoms with van der Waals surface area (Å²) < 4.78 is 9.28. The van der Waals surface area contributed by atoms with Crippen LogP contribution in [0.5, 0.6) is 5.75 Å². The number of aryl methyl sites for hydroxylation is 1. The number of imide groups is 1. The van der Waals surface area contributed by atoms with E-state index in [0.717, 1.165) is 22.0 Å². The number of carbonyl (C=O) groups excluding carboxylic acids is 2. The second-order valence-electron chi connectivity index (χ2n) is 6.35. The molecule has 1 unspecified atom stereocenters. The summed E-state index contributed by atoms with van der Waals surface area (Å²) in [5.41, 5.74) is 1.86. The van der Waals surface area contributed by atoms with Crippen molar-refractivity contribution in [3.05, 3.63) is 36.2 Å². The molecular formula is C18H20N5O3+. The fourth-order valence-corrected chi connectivity index (χ4v) is 3.44. The molecule has 4 rings (SSSR count). The third-order valence-corrected chi connectivity index (χ3v) is 4.73. The average Bonchev–Trinajstić information content (AvgIpc) is 3.14. The van der Waals surface area contributed by atoms with Gasteiger partial charge in [-0.1, -0.05) is 4.99 Å². The van der Waals surface area contributed by atoms with Crippen LogP contribution in [0.15, 0.2) is 35.5 Å². The molecule has 134 valence electrons. The van der Waals surface area contributed by atoms with E-state index in [1.165, 1.54) is 11.9 Å². The van der Waals surface area contributed by atoms with Crippen LogP contribution in [0.2, 0.25) is 0 Å². The molecule has 2 aliphatic rings. The number of hydrogen-bond donors (Lipinski definition) is 0. The highest BCUT2D eigenvalue weighted by molar-refractivity contribution is 6.18. The zero-order valence-corrected chi connectivity index (χ0v) is 15.1. The molecule has 8 heteroatoms. The van der Waals surface area contributed by atoms with Crippen LogP contribution in [0.25, 0.3) is 5.69 Å². The minimum absolute atomic E-state index is 0.278. The van der Waals surface area contributed by atoms with Gasteiger partial charge in [0.2, 0.25) is 11.9 Å². The number of carbonyl (C=O) groups is 2. The SMILES string of the molecule is CCOc1ccc(-n2c(C)c[n+]3c2N=C2C3C(=O)N(C)C(=O)N2C)cc1. The lowest BCUT2D eigenvalue weighted by Gasteiger charge is -2.30. The van der Waals surface area contributed by atoms with Gasteiger partial charge in [0.15, 0.2) is 0 Å². The first kappa shape index (κ1) is 16.3. The molecule has 0 radical (unpaired) electrons. The van der Waals surface area contributed by atoms with Crippen molar-refractivity contribution in [3.8, 4) is 11.4 Å². The van der Waals surface area contributed by atoms with E-state index in [-0.39, 0.29) is 11.9 Å². The highest BCUT2D eigenvalue weighted by Gasteiger charge is 2.52. The first-order valence-electron chi connectivity index (χ1n) is 8.44. The fourth-order valence-electron chi connectivity index (χ4n) is 3.44. The lowest BCUT2D eigenvalue weighted by Crippen LogP contribution is -2.61. The normalized spacial score (nSPS) is 18.8. The highest BCUT2D eigenvalue weighted by atomic mass is 16.5. The molecule has 3 heterocycles. The van der Waals surface area contributed by atoms with Crippen molar-refractivity contribution in [2.75, 3.05) is 20.7 Å². The number of urea groups is 1. The number of hydrogen-bond acceptors (Lipinski definition) is 4. The monoisotopic (exact) mass is 354 g/mol. The summed E-state index contributed by atoms with van der Waals surface area (Å²) in [5, 5.41) is 0. The summed E-state index contributed by atoms with van der Waals surface area (Å²) in [7, 11) is 3.13. The van der Waals surface area contributed by atoms with Gasteiger partial charge in [-0.3, -0.25) is 14.6 Å². The van der Waals surface area contributed by atoms with Crippen LogP contribution < -0.4 is 9.30 Å². The average molecular weight is 354 g/mol. The molecule has 1 atom stereocenters. The number of aromatic nitrogens is 2. The smallest absolute Gasteiger partial charge is 0.406 e. The van der Waals surface area contributed by atoms with Gasteiger partial charge in [0, 0.05) is 14.1 Å². The number of amides is 3. The number of aliphatic imine (C=N–C) groups is 1. The molecule has 1 aromatic heterocycles. The Labute approximate surface area is 150 Å². The Kier molecular flexibility index (Phi) is 3.57. The van der Waals surface area contributed by atoms with Crippen LogP contribution in [0.3, 0.4) is 0 Å². The Morgan fingerprint density at radius 1 is 1.15 bits per heavy atom. The minimum atomic E-state index is -0.611. The molecule has 8 nitrogen and oxygen atoms in total. The third kappa shape index (κ3) is 2.15. The molecule has 3 amide bonds. The Morgan fingerprint density at radius 2 is 1.85 bits per heavy atom. The van der Waals surface area contributed by atoms with Gasteiger partial charge in [0.25, 0.3) is 5.91 Å². The molecule has 2 aromatic rings. The topological polar surface area (TPSA) is 71.0 Å². The predicted octanol–water partition coefficient (Wildman–Crippen LogP) is 1.58. The lowest BCUT2D eigenvalue weighted by molar-refractivity contribution is -0.676. The number of nitrogens with zero attached hydrogens (tertiary/aromatic N) is 5. The molecule has 1 saturated heterocycles. The summed E-state index contributed by atoms with van der Waals surface area (Å²) in [6, 6.07) is 6.71. The van der Waals surface area contributed by atoms with Crippen LogP contribution in [-0.4, -0.2) is 52.8 Å². The second-order valence-corrected chi connectivity index (χ2v) is 6.35. The predicted molar refractivity (Wildman–Crippen MR) is 93.9 cm³/mol. The van der Waals surface area contributed by atoms with E-state index in [0.29, 0.717) is 18.4 Å². The number of fused-ring (bicyclic) bond motifs is 3. The molecule has 0 bridgehead atoms. The van der Waals surface area contributed by atoms with Gasteiger partial charge in [0.05, 0.1) is 6.61 Å². The number of ether oxygens (including phenoxy) is 1. The van der Waals surface area contributed by atoms with Crippen LogP contribution in [0.1, 0.15) is 18.7 Å². The molecule has 0 spiro atoms. The number of benzene rings is 1. The molecule has 2 aliphatic heterocycles. The van der Waals surface area contributed by atoms with Crippen LogP contribution >= 0.6 is 0 Å². The molecular weight excluding hydrogens is 334 g/mol. The zero-order chi connectivity index (χ0) is 18.6. The van der Waals surface area contributed by atoms with E-state index >= 15 is 0 Å². The second kappa shape index (κ2) is 5.69. The molecule has 0 saturated carbocycles. The summed E-state index contributed by atoms with van der Waals surface area (Å²) >= 11 is 0. The van der Waals surface area contributed by atoms with Gasteiger partial charge >= 0.3 is 12.0 Å². The first-order valence-corrected chi connectivity index (χ1v) is 8.44. The Bertz CT molecular complexity index is 944. The molecule has 1 fully saturated rings. The van der Waals surface area contributed by atoms with Crippen molar-refractivity contribution in [2.24, 2.45) is 4.99 Å². The molecule has 26 heavy (non-hydrogen) atoms. The summed E-state index contributed by atoms with van der Waals surface area (Å²) in [5.74, 6) is 1.59. The van der Waals surface area contributed by atoms with Crippen molar-refractivity contribution in [1.29, 1.82) is 0 Å². The van der Waals surface area contributed by atoms with Crippen molar-refractivity contribution < 1.29 is 18.9 Å². The van der Waals surface area contributed by atoms with E-state index in [1.807, 2.05) is 53.4 Å². The fraction of sp³-hybridized carbons (Fsp3) is 0.333. The van der Waals surface area contributed by atoms with E-state index in [1.54, 1.807) is 7.05 Å². The molecule has 1 aromatic carbocycles. The van der Waals surface area contributed by atoms with Crippen molar-refractivity contribution in [2.45, 2.75) is 19.9 Å². The quantitative estimate of drug-likeness (QED) is 0.786. The molecule has 0 N–H and O–H groups in total. The van der Waals surface area contributed by atoms with Gasteiger partial charge in [-0.25, -0.2) is 9.36 Å². The van der Waals surface area contributed by atoms with E-state index in [2.05, 4.69) is 4.99 Å². The van der Waals surface area contributed by atoms with Gasteiger partial charge in [-0.15, -0.1) is 0 Å².